The fourth-order valence-electron chi connectivity index (χ4n) is 3.63. The Morgan fingerprint density at radius 2 is 2.22 bits per heavy atom. The molecule has 3 fully saturated rings. The second kappa shape index (κ2) is 8.24. The number of nitrogens with zero attached hydrogens (tertiary/aromatic N) is 2. The van der Waals surface area contributed by atoms with Crippen LogP contribution < -0.4 is 10.6 Å². The van der Waals surface area contributed by atoms with Gasteiger partial charge in [-0.1, -0.05) is 0 Å². The molecular formula is C14H24N4O8S. The molecule has 3 rings (SSSR count). The number of carbonyl (C=O) groups excluding carboxylic acids is 2. The minimum atomic E-state index is -4.84. The van der Waals surface area contributed by atoms with Crippen LogP contribution in [0.4, 0.5) is 4.79 Å². The number of hydrogen-bond acceptors (Lipinski definition) is 8. The molecule has 3 amide bonds. The molecule has 4 N–H and O–H groups in total. The molecule has 0 aromatic heterocycles. The largest absolute Gasteiger partial charge is 0.418 e. The van der Waals surface area contributed by atoms with Crippen molar-refractivity contribution in [3.63, 3.8) is 0 Å². The Morgan fingerprint density at radius 1 is 1.44 bits per heavy atom. The highest BCUT2D eigenvalue weighted by molar-refractivity contribution is 7.80. The Labute approximate surface area is 156 Å². The maximum Gasteiger partial charge on any atom is 0.418 e. The van der Waals surface area contributed by atoms with E-state index in [4.69, 9.17) is 9.29 Å². The lowest BCUT2D eigenvalue weighted by molar-refractivity contribution is -0.128. The second-order valence-corrected chi connectivity index (χ2v) is 7.78. The quantitative estimate of drug-likeness (QED) is 0.359. The molecule has 3 saturated heterocycles. The number of amides is 3. The second-order valence-electron chi connectivity index (χ2n) is 6.77. The number of rotatable bonds is 6. The molecule has 2 bridgehead atoms. The number of fused-ring (bicyclic) bond motifs is 2. The van der Waals surface area contributed by atoms with Crippen molar-refractivity contribution in [3.05, 3.63) is 0 Å². The molecule has 12 nitrogen and oxygen atoms in total. The number of piperidine rings is 1. The van der Waals surface area contributed by atoms with Gasteiger partial charge < -0.3 is 25.4 Å². The molecule has 3 aliphatic heterocycles. The summed E-state index contributed by atoms with van der Waals surface area (Å²) in [4.78, 5) is 26.3. The molecule has 0 aromatic carbocycles. The monoisotopic (exact) mass is 408 g/mol. The van der Waals surface area contributed by atoms with Crippen LogP contribution in [0.2, 0.25) is 0 Å². The molecule has 13 heteroatoms. The number of carbonyl (C=O) groups is 2. The summed E-state index contributed by atoms with van der Waals surface area (Å²) in [5.74, 6) is -0.456. The molecule has 0 aromatic rings. The first-order valence-corrected chi connectivity index (χ1v) is 10.2. The van der Waals surface area contributed by atoms with Crippen LogP contribution in [0.25, 0.3) is 0 Å². The highest BCUT2D eigenvalue weighted by atomic mass is 32.3. The molecule has 3 aliphatic rings. The van der Waals surface area contributed by atoms with E-state index in [1.807, 2.05) is 0 Å². The van der Waals surface area contributed by atoms with E-state index in [9.17, 15) is 23.1 Å². The Hall–Kier alpha value is -1.51. The number of hydroxylamine groups is 2. The molecule has 0 saturated carbocycles. The Bertz CT molecular complexity index is 666. The predicted molar refractivity (Wildman–Crippen MR) is 89.6 cm³/mol. The summed E-state index contributed by atoms with van der Waals surface area (Å²) in [6.07, 6.45) is 1.07. The predicted octanol–water partition coefficient (Wildman–Crippen LogP) is -2.15. The standard InChI is InChI=1S/C14H24N4O8S/c19-8-10(12-6-15-4-1-5-25-12)16-13(20)11-3-2-9-7-17(11)14(21)18(9)26-27(22,23)24/h9-12,15,19H,1-8H2,(H,16,20)(H,22,23,24)/t9-,10?,11+,12+/m1/s1. The van der Waals surface area contributed by atoms with Crippen LogP contribution in [0.5, 0.6) is 0 Å². The zero-order chi connectivity index (χ0) is 19.6. The van der Waals surface area contributed by atoms with Crippen LogP contribution in [-0.4, -0.2) is 97.1 Å². The number of urea groups is 1. The van der Waals surface area contributed by atoms with Gasteiger partial charge in [-0.25, -0.2) is 4.79 Å². The number of aliphatic hydroxyl groups is 1. The third-order valence-electron chi connectivity index (χ3n) is 4.95. The molecular weight excluding hydrogens is 384 g/mol. The normalized spacial score (nSPS) is 30.1. The molecule has 1 unspecified atom stereocenters. The first-order chi connectivity index (χ1) is 12.8. The van der Waals surface area contributed by atoms with E-state index in [2.05, 4.69) is 14.9 Å². The molecule has 154 valence electrons. The maximum atomic E-state index is 12.7. The first kappa shape index (κ1) is 20.2. The maximum absolute atomic E-state index is 12.7. The van der Waals surface area contributed by atoms with E-state index in [-0.39, 0.29) is 13.2 Å². The first-order valence-electron chi connectivity index (χ1n) is 8.80. The molecule has 0 aliphatic carbocycles. The Morgan fingerprint density at radius 3 is 2.93 bits per heavy atom. The van der Waals surface area contributed by atoms with Gasteiger partial charge in [-0.3, -0.25) is 9.35 Å². The van der Waals surface area contributed by atoms with Crippen molar-refractivity contribution in [3.8, 4) is 0 Å². The summed E-state index contributed by atoms with van der Waals surface area (Å²) in [7, 11) is -4.84. The van der Waals surface area contributed by atoms with E-state index in [1.54, 1.807) is 0 Å². The van der Waals surface area contributed by atoms with Crippen molar-refractivity contribution in [1.82, 2.24) is 20.6 Å². The summed E-state index contributed by atoms with van der Waals surface area (Å²) < 4.78 is 40.6. The fraction of sp³-hybridized carbons (Fsp3) is 0.857. The Balaban J connectivity index is 1.64. The summed E-state index contributed by atoms with van der Waals surface area (Å²) in [6.45, 7) is 1.58. The van der Waals surface area contributed by atoms with E-state index in [1.165, 1.54) is 4.90 Å². The summed E-state index contributed by atoms with van der Waals surface area (Å²) in [6, 6.07) is -2.82. The van der Waals surface area contributed by atoms with Gasteiger partial charge in [0.25, 0.3) is 0 Å². The van der Waals surface area contributed by atoms with E-state index in [0.717, 1.165) is 13.0 Å². The van der Waals surface area contributed by atoms with Crippen molar-refractivity contribution in [2.24, 2.45) is 0 Å². The molecule has 4 atom stereocenters. The van der Waals surface area contributed by atoms with E-state index < -0.39 is 46.6 Å². The lowest BCUT2D eigenvalue weighted by Gasteiger charge is -2.32. The van der Waals surface area contributed by atoms with Gasteiger partial charge in [0.2, 0.25) is 5.91 Å². The molecule has 3 heterocycles. The van der Waals surface area contributed by atoms with Gasteiger partial charge in [0, 0.05) is 19.7 Å². The van der Waals surface area contributed by atoms with Crippen molar-refractivity contribution < 1.29 is 36.7 Å². The smallest absolute Gasteiger partial charge is 0.394 e. The van der Waals surface area contributed by atoms with Crippen molar-refractivity contribution in [1.29, 1.82) is 0 Å². The van der Waals surface area contributed by atoms with Crippen LogP contribution >= 0.6 is 0 Å². The average Bonchev–Trinajstić information content (AvgIpc) is 2.82. The molecule has 0 spiro atoms. The van der Waals surface area contributed by atoms with Gasteiger partial charge in [-0.15, -0.1) is 4.28 Å². The fourth-order valence-corrected chi connectivity index (χ4v) is 4.02. The zero-order valence-corrected chi connectivity index (χ0v) is 15.4. The van der Waals surface area contributed by atoms with Crippen LogP contribution in [-0.2, 0) is 24.2 Å². The molecule has 0 radical (unpaired) electrons. The van der Waals surface area contributed by atoms with Gasteiger partial charge in [0.15, 0.2) is 0 Å². The lowest BCUT2D eigenvalue weighted by atomic mass is 9.99. The number of nitrogens with one attached hydrogen (secondary N) is 2. The van der Waals surface area contributed by atoms with Gasteiger partial charge in [-0.05, 0) is 25.8 Å². The third kappa shape index (κ3) is 4.67. The van der Waals surface area contributed by atoms with Gasteiger partial charge in [0.05, 0.1) is 24.8 Å². The highest BCUT2D eigenvalue weighted by Gasteiger charge is 2.49. The highest BCUT2D eigenvalue weighted by Crippen LogP contribution is 2.30. The zero-order valence-electron chi connectivity index (χ0n) is 14.6. The van der Waals surface area contributed by atoms with Crippen molar-refractivity contribution >= 4 is 22.3 Å². The number of ether oxygens (including phenoxy) is 1. The topological polar surface area (TPSA) is 158 Å². The van der Waals surface area contributed by atoms with Crippen LogP contribution in [0.3, 0.4) is 0 Å². The van der Waals surface area contributed by atoms with Gasteiger partial charge in [0.1, 0.15) is 6.04 Å². The molecule has 27 heavy (non-hydrogen) atoms. The van der Waals surface area contributed by atoms with Crippen molar-refractivity contribution in [2.45, 2.75) is 43.5 Å². The van der Waals surface area contributed by atoms with Crippen molar-refractivity contribution in [2.75, 3.05) is 32.8 Å². The minimum absolute atomic E-state index is 0.109. The summed E-state index contributed by atoms with van der Waals surface area (Å²) in [5, 5.41) is 16.1. The van der Waals surface area contributed by atoms with Crippen LogP contribution in [0.1, 0.15) is 19.3 Å². The third-order valence-corrected chi connectivity index (χ3v) is 5.30. The van der Waals surface area contributed by atoms with E-state index in [0.29, 0.717) is 31.1 Å². The Kier molecular flexibility index (Phi) is 6.18. The number of aliphatic hydroxyl groups excluding tert-OH is 1. The summed E-state index contributed by atoms with van der Waals surface area (Å²) >= 11 is 0. The lowest BCUT2D eigenvalue weighted by Crippen LogP contribution is -2.56. The average molecular weight is 408 g/mol. The van der Waals surface area contributed by atoms with E-state index >= 15 is 0 Å². The number of hydrogen-bond donors (Lipinski definition) is 4. The summed E-state index contributed by atoms with van der Waals surface area (Å²) in [5.41, 5.74) is 0. The van der Waals surface area contributed by atoms with Gasteiger partial charge >= 0.3 is 16.4 Å². The van der Waals surface area contributed by atoms with Crippen LogP contribution in [0.15, 0.2) is 0 Å². The van der Waals surface area contributed by atoms with Gasteiger partial charge in [-0.2, -0.15) is 13.5 Å². The van der Waals surface area contributed by atoms with Crippen LogP contribution in [0, 0.1) is 0 Å². The minimum Gasteiger partial charge on any atom is -0.394 e. The SMILES string of the molecule is O=C(NC(CO)[C@@H]1CNCCCO1)[C@@H]1CC[C@@H]2CN1C(=O)N2OS(=O)(=O)O.